The Labute approximate surface area is 138 Å². The smallest absolute Gasteiger partial charge is 0.332 e. The number of hydrogen-bond donors (Lipinski definition) is 1. The minimum absolute atomic E-state index is 0.122. The molecular weight excluding hydrogens is 312 g/mol. The van der Waals surface area contributed by atoms with E-state index in [-0.39, 0.29) is 17.3 Å². The van der Waals surface area contributed by atoms with Gasteiger partial charge in [-0.2, -0.15) is 4.98 Å². The number of anilines is 2. The average molecular weight is 332 g/mol. The topological polar surface area (TPSA) is 94.3 Å². The standard InChI is InChI=1S/C15H20N6O3/c1-19-12(8-13(22)20(2)15(19)23)21-7-5-10(9-21)17-14-16-6-4-11(18-14)24-3/h4,6,8,10H,5,7,9H2,1-3H3,(H,16,17,18)/t10-/m1/s1. The summed E-state index contributed by atoms with van der Waals surface area (Å²) < 4.78 is 7.67. The predicted molar refractivity (Wildman–Crippen MR) is 89.7 cm³/mol. The van der Waals surface area contributed by atoms with E-state index in [1.165, 1.54) is 17.7 Å². The molecule has 1 fully saturated rings. The molecule has 1 aliphatic rings. The van der Waals surface area contributed by atoms with Gasteiger partial charge in [-0.3, -0.25) is 13.9 Å². The molecule has 1 N–H and O–H groups in total. The van der Waals surface area contributed by atoms with Crippen LogP contribution in [0, 0.1) is 0 Å². The van der Waals surface area contributed by atoms with Crippen molar-refractivity contribution in [1.82, 2.24) is 19.1 Å². The van der Waals surface area contributed by atoms with Crippen molar-refractivity contribution < 1.29 is 4.74 Å². The molecule has 1 atom stereocenters. The van der Waals surface area contributed by atoms with Crippen LogP contribution < -0.4 is 26.2 Å². The monoisotopic (exact) mass is 332 g/mol. The normalized spacial score (nSPS) is 17.1. The van der Waals surface area contributed by atoms with Gasteiger partial charge in [0.05, 0.1) is 7.11 Å². The fraction of sp³-hybridized carbons (Fsp3) is 0.467. The van der Waals surface area contributed by atoms with Crippen molar-refractivity contribution in [2.75, 3.05) is 30.4 Å². The molecule has 2 aromatic heterocycles. The summed E-state index contributed by atoms with van der Waals surface area (Å²) in [6, 6.07) is 3.30. The molecule has 0 aliphatic carbocycles. The highest BCUT2D eigenvalue weighted by molar-refractivity contribution is 5.42. The first-order valence-corrected chi connectivity index (χ1v) is 7.65. The largest absolute Gasteiger partial charge is 0.481 e. The zero-order chi connectivity index (χ0) is 17.3. The second-order valence-electron chi connectivity index (χ2n) is 5.74. The number of nitrogens with zero attached hydrogens (tertiary/aromatic N) is 5. The molecule has 0 unspecified atom stereocenters. The van der Waals surface area contributed by atoms with Crippen molar-refractivity contribution in [2.45, 2.75) is 12.5 Å². The summed E-state index contributed by atoms with van der Waals surface area (Å²) in [6.07, 6.45) is 2.48. The van der Waals surface area contributed by atoms with Gasteiger partial charge in [-0.15, -0.1) is 0 Å². The van der Waals surface area contributed by atoms with E-state index in [1.54, 1.807) is 26.4 Å². The Hall–Kier alpha value is -2.84. The first kappa shape index (κ1) is 16.0. The average Bonchev–Trinajstić information content (AvgIpc) is 3.04. The number of rotatable bonds is 4. The summed E-state index contributed by atoms with van der Waals surface area (Å²) in [6.45, 7) is 1.39. The molecule has 0 bridgehead atoms. The van der Waals surface area contributed by atoms with E-state index in [0.717, 1.165) is 17.5 Å². The van der Waals surface area contributed by atoms with E-state index in [9.17, 15) is 9.59 Å². The summed E-state index contributed by atoms with van der Waals surface area (Å²) >= 11 is 0. The van der Waals surface area contributed by atoms with Crippen LogP contribution in [-0.2, 0) is 14.1 Å². The molecule has 9 nitrogen and oxygen atoms in total. The third-order valence-electron chi connectivity index (χ3n) is 4.19. The van der Waals surface area contributed by atoms with Gasteiger partial charge in [0, 0.05) is 51.6 Å². The second-order valence-corrected chi connectivity index (χ2v) is 5.74. The van der Waals surface area contributed by atoms with Crippen molar-refractivity contribution >= 4 is 11.8 Å². The molecule has 0 saturated carbocycles. The second kappa shape index (κ2) is 6.34. The van der Waals surface area contributed by atoms with Gasteiger partial charge >= 0.3 is 5.69 Å². The third-order valence-corrected chi connectivity index (χ3v) is 4.19. The van der Waals surface area contributed by atoms with Crippen molar-refractivity contribution in [3.8, 4) is 5.88 Å². The van der Waals surface area contributed by atoms with Gasteiger partial charge < -0.3 is 15.0 Å². The van der Waals surface area contributed by atoms with Crippen molar-refractivity contribution in [1.29, 1.82) is 0 Å². The van der Waals surface area contributed by atoms with E-state index in [0.29, 0.717) is 24.2 Å². The maximum atomic E-state index is 12.1. The molecule has 0 aromatic carbocycles. The zero-order valence-electron chi connectivity index (χ0n) is 13.9. The Kier molecular flexibility index (Phi) is 4.24. The molecule has 3 heterocycles. The quantitative estimate of drug-likeness (QED) is 0.812. The van der Waals surface area contributed by atoms with Gasteiger partial charge in [0.1, 0.15) is 5.82 Å². The Balaban J connectivity index is 1.76. The van der Waals surface area contributed by atoms with Gasteiger partial charge in [-0.1, -0.05) is 0 Å². The van der Waals surface area contributed by atoms with Crippen LogP contribution >= 0.6 is 0 Å². The van der Waals surface area contributed by atoms with Crippen LogP contribution in [0.1, 0.15) is 6.42 Å². The highest BCUT2D eigenvalue weighted by Crippen LogP contribution is 2.19. The van der Waals surface area contributed by atoms with E-state index >= 15 is 0 Å². The molecule has 0 spiro atoms. The van der Waals surface area contributed by atoms with E-state index in [2.05, 4.69) is 15.3 Å². The van der Waals surface area contributed by atoms with Gasteiger partial charge in [-0.25, -0.2) is 9.78 Å². The summed E-state index contributed by atoms with van der Waals surface area (Å²) in [4.78, 5) is 34.4. The lowest BCUT2D eigenvalue weighted by Crippen LogP contribution is -2.40. The molecule has 9 heteroatoms. The fourth-order valence-corrected chi connectivity index (χ4v) is 2.82. The first-order valence-electron chi connectivity index (χ1n) is 7.65. The maximum Gasteiger partial charge on any atom is 0.332 e. The van der Waals surface area contributed by atoms with Crippen molar-refractivity contribution in [3.05, 3.63) is 39.2 Å². The summed E-state index contributed by atoms with van der Waals surface area (Å²) in [5.41, 5.74) is -0.634. The lowest BCUT2D eigenvalue weighted by molar-refractivity contribution is 0.397. The van der Waals surface area contributed by atoms with E-state index in [1.807, 2.05) is 4.90 Å². The number of nitrogens with one attached hydrogen (secondary N) is 1. The summed E-state index contributed by atoms with van der Waals surface area (Å²) in [7, 11) is 4.70. The van der Waals surface area contributed by atoms with Gasteiger partial charge in [0.25, 0.3) is 5.56 Å². The fourth-order valence-electron chi connectivity index (χ4n) is 2.82. The number of hydrogen-bond acceptors (Lipinski definition) is 7. The van der Waals surface area contributed by atoms with Crippen molar-refractivity contribution in [3.63, 3.8) is 0 Å². The number of aromatic nitrogens is 4. The molecule has 24 heavy (non-hydrogen) atoms. The number of methoxy groups -OCH3 is 1. The highest BCUT2D eigenvalue weighted by Gasteiger charge is 2.25. The van der Waals surface area contributed by atoms with Gasteiger partial charge in [-0.05, 0) is 6.42 Å². The van der Waals surface area contributed by atoms with E-state index < -0.39 is 0 Å². The van der Waals surface area contributed by atoms with Crippen LogP contribution in [0.5, 0.6) is 5.88 Å². The third kappa shape index (κ3) is 2.97. The predicted octanol–water partition coefficient (Wildman–Crippen LogP) is -0.427. The Morgan fingerprint density at radius 1 is 1.29 bits per heavy atom. The Bertz CT molecular complexity index is 859. The van der Waals surface area contributed by atoms with Crippen LogP contribution in [-0.4, -0.2) is 45.3 Å². The van der Waals surface area contributed by atoms with Crippen LogP contribution in [0.25, 0.3) is 0 Å². The Morgan fingerprint density at radius 3 is 2.83 bits per heavy atom. The van der Waals surface area contributed by atoms with Gasteiger partial charge in [0.15, 0.2) is 0 Å². The highest BCUT2D eigenvalue weighted by atomic mass is 16.5. The van der Waals surface area contributed by atoms with Gasteiger partial charge in [0.2, 0.25) is 11.8 Å². The molecule has 2 aromatic rings. The molecule has 3 rings (SSSR count). The van der Waals surface area contributed by atoms with Crippen LogP contribution in [0.4, 0.5) is 11.8 Å². The molecule has 1 aliphatic heterocycles. The lowest BCUT2D eigenvalue weighted by Gasteiger charge is -2.21. The minimum Gasteiger partial charge on any atom is -0.481 e. The summed E-state index contributed by atoms with van der Waals surface area (Å²) in [5, 5.41) is 3.26. The minimum atomic E-state index is -0.329. The molecular formula is C15H20N6O3. The molecule has 128 valence electrons. The first-order chi connectivity index (χ1) is 11.5. The Morgan fingerprint density at radius 2 is 2.08 bits per heavy atom. The summed E-state index contributed by atoms with van der Waals surface area (Å²) in [5.74, 6) is 1.62. The van der Waals surface area contributed by atoms with Crippen LogP contribution in [0.2, 0.25) is 0 Å². The zero-order valence-corrected chi connectivity index (χ0v) is 13.9. The SMILES string of the molecule is COc1ccnc(N[C@@H]2CCN(c3cc(=O)n(C)c(=O)n3C)C2)n1. The van der Waals surface area contributed by atoms with Crippen LogP contribution in [0.15, 0.2) is 27.9 Å². The lowest BCUT2D eigenvalue weighted by atomic mass is 10.3. The molecule has 0 radical (unpaired) electrons. The number of ether oxygens (including phenoxy) is 1. The maximum absolute atomic E-state index is 12.1. The molecule has 0 amide bonds. The van der Waals surface area contributed by atoms with Crippen LogP contribution in [0.3, 0.4) is 0 Å². The molecule has 1 saturated heterocycles. The van der Waals surface area contributed by atoms with E-state index in [4.69, 9.17) is 4.74 Å². The van der Waals surface area contributed by atoms with Crippen molar-refractivity contribution in [2.24, 2.45) is 14.1 Å².